The number of hydrogen-bond donors (Lipinski definition) is 1. The average Bonchev–Trinajstić information content (AvgIpc) is 2.91. The zero-order valence-electron chi connectivity index (χ0n) is 11.4. The van der Waals surface area contributed by atoms with Gasteiger partial charge in [0, 0.05) is 6.54 Å². The van der Waals surface area contributed by atoms with Crippen LogP contribution in [0, 0.1) is 11.8 Å². The Morgan fingerprint density at radius 3 is 2.55 bits per heavy atom. The molecule has 1 atom stereocenters. The van der Waals surface area contributed by atoms with Crippen LogP contribution < -0.4 is 5.32 Å². The lowest BCUT2D eigenvalue weighted by atomic mass is 9.87. The maximum absolute atomic E-state index is 12.3. The van der Waals surface area contributed by atoms with Crippen LogP contribution in [0.2, 0.25) is 0 Å². The van der Waals surface area contributed by atoms with E-state index in [4.69, 9.17) is 0 Å². The van der Waals surface area contributed by atoms with Crippen LogP contribution in [0.5, 0.6) is 0 Å². The number of rotatable bonds is 4. The first-order chi connectivity index (χ1) is 9.54. The van der Waals surface area contributed by atoms with Crippen LogP contribution in [0.3, 0.4) is 0 Å². The van der Waals surface area contributed by atoms with Crippen LogP contribution in [0.15, 0.2) is 0 Å². The summed E-state index contributed by atoms with van der Waals surface area (Å²) in [5, 5.41) is 2.20. The summed E-state index contributed by atoms with van der Waals surface area (Å²) in [5.74, 6) is -2.31. The van der Waals surface area contributed by atoms with E-state index in [1.54, 1.807) is 0 Å². The number of carbonyl (C=O) groups is 4. The molecule has 1 heterocycles. The van der Waals surface area contributed by atoms with E-state index in [9.17, 15) is 19.2 Å². The number of amides is 4. The third-order valence-electron chi connectivity index (χ3n) is 3.93. The van der Waals surface area contributed by atoms with Crippen molar-refractivity contribution in [3.8, 4) is 0 Å². The fourth-order valence-corrected chi connectivity index (χ4v) is 2.85. The van der Waals surface area contributed by atoms with Gasteiger partial charge >= 0.3 is 12.0 Å². The van der Waals surface area contributed by atoms with Crippen LogP contribution in [0.1, 0.15) is 32.1 Å². The number of imide groups is 2. The smallest absolute Gasteiger partial charge is 0.330 e. The van der Waals surface area contributed by atoms with Crippen LogP contribution in [-0.4, -0.2) is 42.4 Å². The van der Waals surface area contributed by atoms with E-state index in [-0.39, 0.29) is 18.9 Å². The Hall–Kier alpha value is -1.92. The van der Waals surface area contributed by atoms with Crippen LogP contribution in [0.4, 0.5) is 4.79 Å². The van der Waals surface area contributed by atoms with E-state index in [1.165, 1.54) is 7.11 Å². The number of nitrogens with one attached hydrogen (secondary N) is 1. The summed E-state index contributed by atoms with van der Waals surface area (Å²) in [6, 6.07) is -0.752. The minimum atomic E-state index is -0.798. The summed E-state index contributed by atoms with van der Waals surface area (Å²) >= 11 is 0. The van der Waals surface area contributed by atoms with Crippen molar-refractivity contribution in [2.45, 2.75) is 32.1 Å². The summed E-state index contributed by atoms with van der Waals surface area (Å²) < 4.78 is 4.48. The van der Waals surface area contributed by atoms with Gasteiger partial charge in [-0.25, -0.2) is 4.79 Å². The molecule has 1 saturated heterocycles. The quantitative estimate of drug-likeness (QED) is 0.596. The Labute approximate surface area is 116 Å². The Kier molecular flexibility index (Phi) is 4.36. The zero-order valence-corrected chi connectivity index (χ0v) is 11.4. The topological polar surface area (TPSA) is 92.8 Å². The molecule has 1 N–H and O–H groups in total. The predicted molar refractivity (Wildman–Crippen MR) is 67.3 cm³/mol. The fraction of sp³-hybridized carbons (Fsp3) is 0.692. The van der Waals surface area contributed by atoms with Gasteiger partial charge in [-0.3, -0.25) is 24.6 Å². The van der Waals surface area contributed by atoms with Crippen molar-refractivity contribution in [2.24, 2.45) is 11.8 Å². The van der Waals surface area contributed by atoms with Gasteiger partial charge in [0.2, 0.25) is 11.8 Å². The Morgan fingerprint density at radius 2 is 1.95 bits per heavy atom. The van der Waals surface area contributed by atoms with Gasteiger partial charge in [-0.05, 0) is 18.8 Å². The first-order valence-corrected chi connectivity index (χ1v) is 6.77. The number of nitrogens with zero attached hydrogens (tertiary/aromatic N) is 1. The molecule has 1 aliphatic heterocycles. The van der Waals surface area contributed by atoms with Crippen molar-refractivity contribution in [3.05, 3.63) is 0 Å². The second kappa shape index (κ2) is 6.02. The fourth-order valence-electron chi connectivity index (χ4n) is 2.85. The summed E-state index contributed by atoms with van der Waals surface area (Å²) in [7, 11) is 1.24. The second-order valence-corrected chi connectivity index (χ2v) is 5.13. The van der Waals surface area contributed by atoms with Crippen molar-refractivity contribution in [1.29, 1.82) is 0 Å². The van der Waals surface area contributed by atoms with Gasteiger partial charge in [-0.15, -0.1) is 0 Å². The second-order valence-electron chi connectivity index (χ2n) is 5.13. The average molecular weight is 282 g/mol. The van der Waals surface area contributed by atoms with Crippen molar-refractivity contribution >= 4 is 23.8 Å². The Balaban J connectivity index is 2.07. The summed E-state index contributed by atoms with van der Waals surface area (Å²) in [6.07, 6.45) is 3.57. The minimum absolute atomic E-state index is 0.00349. The molecule has 2 rings (SSSR count). The molecule has 0 radical (unpaired) electrons. The SMILES string of the molecule is COC(=O)CCN1C(=O)NC(=O)C(C2CCCC2)C1=O. The minimum Gasteiger partial charge on any atom is -0.469 e. The number of methoxy groups -OCH3 is 1. The molecule has 20 heavy (non-hydrogen) atoms. The van der Waals surface area contributed by atoms with E-state index in [0.29, 0.717) is 0 Å². The van der Waals surface area contributed by atoms with Crippen molar-refractivity contribution < 1.29 is 23.9 Å². The van der Waals surface area contributed by atoms with Gasteiger partial charge in [-0.1, -0.05) is 12.8 Å². The normalized spacial score (nSPS) is 23.9. The maximum atomic E-state index is 12.3. The van der Waals surface area contributed by atoms with Gasteiger partial charge in [0.05, 0.1) is 13.5 Å². The van der Waals surface area contributed by atoms with Gasteiger partial charge in [0.15, 0.2) is 0 Å². The standard InChI is InChI=1S/C13H18N2O5/c1-20-9(16)6-7-15-12(18)10(8-4-2-3-5-8)11(17)14-13(15)19/h8,10H,2-7H2,1H3,(H,14,17,19). The Morgan fingerprint density at radius 1 is 1.30 bits per heavy atom. The van der Waals surface area contributed by atoms with E-state index in [1.807, 2.05) is 0 Å². The summed E-state index contributed by atoms with van der Waals surface area (Å²) in [5.41, 5.74) is 0. The summed E-state index contributed by atoms with van der Waals surface area (Å²) in [4.78, 5) is 48.0. The highest BCUT2D eigenvalue weighted by molar-refractivity contribution is 6.16. The lowest BCUT2D eigenvalue weighted by molar-refractivity contribution is -0.145. The molecule has 2 fully saturated rings. The third-order valence-corrected chi connectivity index (χ3v) is 3.93. The van der Waals surface area contributed by atoms with Crippen molar-refractivity contribution in [1.82, 2.24) is 10.2 Å². The van der Waals surface area contributed by atoms with Crippen LogP contribution >= 0.6 is 0 Å². The molecule has 7 heteroatoms. The van der Waals surface area contributed by atoms with Crippen LogP contribution in [0.25, 0.3) is 0 Å². The van der Waals surface area contributed by atoms with Crippen LogP contribution in [-0.2, 0) is 19.1 Å². The number of esters is 1. The highest BCUT2D eigenvalue weighted by atomic mass is 16.5. The molecule has 1 aliphatic carbocycles. The van der Waals surface area contributed by atoms with E-state index in [0.717, 1.165) is 30.6 Å². The number of hydrogen-bond acceptors (Lipinski definition) is 5. The molecule has 0 aromatic heterocycles. The molecule has 110 valence electrons. The van der Waals surface area contributed by atoms with Gasteiger partial charge in [0.25, 0.3) is 0 Å². The molecule has 1 unspecified atom stereocenters. The molecule has 1 saturated carbocycles. The first-order valence-electron chi connectivity index (χ1n) is 6.77. The van der Waals surface area contributed by atoms with Gasteiger partial charge in [0.1, 0.15) is 5.92 Å². The molecular weight excluding hydrogens is 264 g/mol. The van der Waals surface area contributed by atoms with Crippen molar-refractivity contribution in [3.63, 3.8) is 0 Å². The van der Waals surface area contributed by atoms with Gasteiger partial charge < -0.3 is 4.74 Å². The largest absolute Gasteiger partial charge is 0.469 e. The zero-order chi connectivity index (χ0) is 14.7. The molecule has 4 amide bonds. The predicted octanol–water partition coefficient (Wildman–Crippen LogP) is 0.434. The molecule has 0 spiro atoms. The number of urea groups is 1. The first kappa shape index (κ1) is 14.5. The molecule has 7 nitrogen and oxygen atoms in total. The number of ether oxygens (including phenoxy) is 1. The highest BCUT2D eigenvalue weighted by Gasteiger charge is 2.45. The van der Waals surface area contributed by atoms with Crippen molar-refractivity contribution in [2.75, 3.05) is 13.7 Å². The third kappa shape index (κ3) is 2.81. The summed E-state index contributed by atoms with van der Waals surface area (Å²) in [6.45, 7) is -0.0617. The molecule has 2 aliphatic rings. The number of carbonyl (C=O) groups excluding carboxylic acids is 4. The van der Waals surface area contributed by atoms with E-state index >= 15 is 0 Å². The maximum Gasteiger partial charge on any atom is 0.330 e. The van der Waals surface area contributed by atoms with E-state index in [2.05, 4.69) is 10.1 Å². The molecule has 0 aromatic carbocycles. The van der Waals surface area contributed by atoms with Gasteiger partial charge in [-0.2, -0.15) is 0 Å². The molecular formula is C13H18N2O5. The Bertz CT molecular complexity index is 442. The monoisotopic (exact) mass is 282 g/mol. The highest BCUT2D eigenvalue weighted by Crippen LogP contribution is 2.33. The lowest BCUT2D eigenvalue weighted by Crippen LogP contribution is -2.59. The van der Waals surface area contributed by atoms with E-state index < -0.39 is 29.7 Å². The molecule has 0 bridgehead atoms. The lowest BCUT2D eigenvalue weighted by Gasteiger charge is -2.32. The number of barbiturate groups is 1. The molecule has 0 aromatic rings.